The summed E-state index contributed by atoms with van der Waals surface area (Å²) in [5.74, 6) is -1.11. The lowest BCUT2D eigenvalue weighted by Gasteiger charge is -2.22. The minimum absolute atomic E-state index is 0.203. The third kappa shape index (κ3) is 5.60. The lowest BCUT2D eigenvalue weighted by molar-refractivity contribution is -0.139. The van der Waals surface area contributed by atoms with Gasteiger partial charge in [-0.3, -0.25) is 4.68 Å². The fourth-order valence-electron chi connectivity index (χ4n) is 1.44. The number of nitrogens with one attached hydrogen (secondary N) is 1. The molecule has 0 aliphatic carbocycles. The SMILES string of the molecule is CC(C)(C)OC(=O)NC(CCn1nccc1Br)C(=O)O. The molecule has 20 heavy (non-hydrogen) atoms. The van der Waals surface area contributed by atoms with E-state index in [-0.39, 0.29) is 6.42 Å². The van der Waals surface area contributed by atoms with Gasteiger partial charge in [-0.15, -0.1) is 0 Å². The number of carboxylic acid groups (broad SMARTS) is 1. The summed E-state index contributed by atoms with van der Waals surface area (Å²) in [5.41, 5.74) is -0.669. The molecule has 0 aliphatic heterocycles. The minimum Gasteiger partial charge on any atom is -0.480 e. The Kier molecular flexibility index (Phi) is 5.55. The summed E-state index contributed by atoms with van der Waals surface area (Å²) in [5, 5.41) is 15.5. The van der Waals surface area contributed by atoms with Gasteiger partial charge in [0.15, 0.2) is 0 Å². The Morgan fingerprint density at radius 3 is 2.65 bits per heavy atom. The van der Waals surface area contributed by atoms with Crippen molar-refractivity contribution in [1.29, 1.82) is 0 Å². The average molecular weight is 348 g/mol. The summed E-state index contributed by atoms with van der Waals surface area (Å²) in [6.07, 6.45) is 1.06. The van der Waals surface area contributed by atoms with E-state index in [4.69, 9.17) is 9.84 Å². The summed E-state index contributed by atoms with van der Waals surface area (Å²) >= 11 is 3.29. The number of hydrogen-bond donors (Lipinski definition) is 2. The van der Waals surface area contributed by atoms with Crippen molar-refractivity contribution in [2.75, 3.05) is 0 Å². The summed E-state index contributed by atoms with van der Waals surface area (Å²) in [4.78, 5) is 22.7. The standard InChI is InChI=1S/C12H18BrN3O4/c1-12(2,3)20-11(19)15-8(10(17)18)5-7-16-9(13)4-6-14-16/h4,6,8H,5,7H2,1-3H3,(H,15,19)(H,17,18). The number of halogens is 1. The number of carboxylic acids is 1. The van der Waals surface area contributed by atoms with Crippen LogP contribution in [0.15, 0.2) is 16.9 Å². The van der Waals surface area contributed by atoms with Gasteiger partial charge in [0.05, 0.1) is 6.20 Å². The van der Waals surface area contributed by atoms with E-state index in [2.05, 4.69) is 26.3 Å². The molecule has 1 aromatic heterocycles. The van der Waals surface area contributed by atoms with E-state index in [0.29, 0.717) is 6.54 Å². The third-order valence-electron chi connectivity index (χ3n) is 2.28. The number of carbonyl (C=O) groups is 2. The maximum Gasteiger partial charge on any atom is 0.408 e. The van der Waals surface area contributed by atoms with Gasteiger partial charge in [0.1, 0.15) is 16.2 Å². The van der Waals surface area contributed by atoms with Crippen LogP contribution in [0.25, 0.3) is 0 Å². The topological polar surface area (TPSA) is 93.5 Å². The van der Waals surface area contributed by atoms with Crippen LogP contribution in [-0.2, 0) is 16.1 Å². The first-order valence-corrected chi connectivity index (χ1v) is 6.88. The molecule has 1 amide bonds. The van der Waals surface area contributed by atoms with Crippen LogP contribution in [0.3, 0.4) is 0 Å². The number of aliphatic carboxylic acids is 1. The zero-order valence-corrected chi connectivity index (χ0v) is 13.2. The van der Waals surface area contributed by atoms with E-state index < -0.39 is 23.7 Å². The molecule has 1 atom stereocenters. The number of hydrogen-bond acceptors (Lipinski definition) is 4. The molecule has 1 aromatic rings. The van der Waals surface area contributed by atoms with E-state index in [1.807, 2.05) is 0 Å². The van der Waals surface area contributed by atoms with Crippen LogP contribution in [0.4, 0.5) is 4.79 Å². The Balaban J connectivity index is 2.55. The second-order valence-corrected chi connectivity index (χ2v) is 6.02. The number of aryl methyl sites for hydroxylation is 1. The molecule has 0 saturated carbocycles. The normalized spacial score (nSPS) is 12.8. The molecule has 112 valence electrons. The summed E-state index contributed by atoms with van der Waals surface area (Å²) in [6, 6.07) is 0.720. The zero-order valence-electron chi connectivity index (χ0n) is 11.6. The fraction of sp³-hybridized carbons (Fsp3) is 0.583. The molecular weight excluding hydrogens is 330 g/mol. The minimum atomic E-state index is -1.11. The molecule has 8 heteroatoms. The largest absolute Gasteiger partial charge is 0.480 e. The second kappa shape index (κ2) is 6.74. The molecule has 7 nitrogen and oxygen atoms in total. The first-order chi connectivity index (χ1) is 9.19. The molecule has 1 rings (SSSR count). The van der Waals surface area contributed by atoms with Crippen LogP contribution in [0.1, 0.15) is 27.2 Å². The van der Waals surface area contributed by atoms with E-state index in [0.717, 1.165) is 4.60 Å². The molecule has 0 radical (unpaired) electrons. The predicted octanol–water partition coefficient (Wildman–Crippen LogP) is 2.01. The number of nitrogens with zero attached hydrogens (tertiary/aromatic N) is 2. The lowest BCUT2D eigenvalue weighted by Crippen LogP contribution is -2.44. The maximum atomic E-state index is 11.6. The zero-order chi connectivity index (χ0) is 15.3. The Morgan fingerprint density at radius 1 is 1.55 bits per heavy atom. The Hall–Kier alpha value is -1.57. The second-order valence-electron chi connectivity index (χ2n) is 5.20. The molecule has 0 fully saturated rings. The van der Waals surface area contributed by atoms with Crippen molar-refractivity contribution in [3.63, 3.8) is 0 Å². The number of amides is 1. The van der Waals surface area contributed by atoms with Crippen LogP contribution >= 0.6 is 15.9 Å². The van der Waals surface area contributed by atoms with Crippen molar-refractivity contribution < 1.29 is 19.4 Å². The Morgan fingerprint density at radius 2 is 2.20 bits per heavy atom. The van der Waals surface area contributed by atoms with Crippen molar-refractivity contribution in [2.24, 2.45) is 0 Å². The predicted molar refractivity (Wildman–Crippen MR) is 75.3 cm³/mol. The van der Waals surface area contributed by atoms with E-state index in [9.17, 15) is 9.59 Å². The van der Waals surface area contributed by atoms with E-state index in [1.54, 1.807) is 37.7 Å². The summed E-state index contributed by atoms with van der Waals surface area (Å²) in [7, 11) is 0. The molecule has 1 unspecified atom stereocenters. The van der Waals surface area contributed by atoms with Gasteiger partial charge in [0, 0.05) is 6.54 Å². The first-order valence-electron chi connectivity index (χ1n) is 6.08. The van der Waals surface area contributed by atoms with E-state index in [1.165, 1.54) is 0 Å². The highest BCUT2D eigenvalue weighted by Gasteiger charge is 2.24. The van der Waals surface area contributed by atoms with Gasteiger partial charge in [-0.25, -0.2) is 9.59 Å². The smallest absolute Gasteiger partial charge is 0.408 e. The van der Waals surface area contributed by atoms with Gasteiger partial charge in [-0.05, 0) is 49.2 Å². The van der Waals surface area contributed by atoms with Crippen LogP contribution in [0.2, 0.25) is 0 Å². The lowest BCUT2D eigenvalue weighted by atomic mass is 10.2. The highest BCUT2D eigenvalue weighted by atomic mass is 79.9. The van der Waals surface area contributed by atoms with Crippen LogP contribution in [0, 0.1) is 0 Å². The monoisotopic (exact) mass is 347 g/mol. The molecule has 0 aromatic carbocycles. The number of ether oxygens (including phenoxy) is 1. The number of aromatic nitrogens is 2. The molecule has 0 spiro atoms. The Bertz CT molecular complexity index is 481. The van der Waals surface area contributed by atoms with Crippen LogP contribution in [0.5, 0.6) is 0 Å². The van der Waals surface area contributed by atoms with Crippen molar-refractivity contribution in [3.05, 3.63) is 16.9 Å². The van der Waals surface area contributed by atoms with E-state index >= 15 is 0 Å². The highest BCUT2D eigenvalue weighted by molar-refractivity contribution is 9.10. The van der Waals surface area contributed by atoms with Gasteiger partial charge in [-0.2, -0.15) is 5.10 Å². The van der Waals surface area contributed by atoms with Gasteiger partial charge in [0.2, 0.25) is 0 Å². The summed E-state index contributed by atoms with van der Waals surface area (Å²) in [6.45, 7) is 5.50. The Labute approximate surface area is 125 Å². The molecule has 0 saturated heterocycles. The third-order valence-corrected chi connectivity index (χ3v) is 2.96. The molecule has 1 heterocycles. The first kappa shape index (κ1) is 16.5. The van der Waals surface area contributed by atoms with Crippen molar-refractivity contribution in [1.82, 2.24) is 15.1 Å². The number of rotatable bonds is 5. The average Bonchev–Trinajstić information content (AvgIpc) is 2.67. The maximum absolute atomic E-state index is 11.6. The van der Waals surface area contributed by atoms with Crippen molar-refractivity contribution in [3.8, 4) is 0 Å². The van der Waals surface area contributed by atoms with Crippen molar-refractivity contribution >= 4 is 28.0 Å². The quantitative estimate of drug-likeness (QED) is 0.849. The van der Waals surface area contributed by atoms with Crippen LogP contribution < -0.4 is 5.32 Å². The molecule has 0 aliphatic rings. The van der Waals surface area contributed by atoms with Crippen LogP contribution in [-0.4, -0.2) is 38.6 Å². The number of carbonyl (C=O) groups excluding carboxylic acids is 1. The van der Waals surface area contributed by atoms with Gasteiger partial charge in [-0.1, -0.05) is 0 Å². The van der Waals surface area contributed by atoms with Gasteiger partial charge < -0.3 is 15.2 Å². The fourth-order valence-corrected chi connectivity index (χ4v) is 1.83. The van der Waals surface area contributed by atoms with Crippen molar-refractivity contribution in [2.45, 2.75) is 45.4 Å². The summed E-state index contributed by atoms with van der Waals surface area (Å²) < 4.78 is 7.39. The van der Waals surface area contributed by atoms with Gasteiger partial charge in [0.25, 0.3) is 0 Å². The molecule has 2 N–H and O–H groups in total. The molecular formula is C12H18BrN3O4. The number of alkyl carbamates (subject to hydrolysis) is 1. The molecule has 0 bridgehead atoms. The van der Waals surface area contributed by atoms with Gasteiger partial charge >= 0.3 is 12.1 Å². The highest BCUT2D eigenvalue weighted by Crippen LogP contribution is 2.10.